The molecule has 0 amide bonds. The highest BCUT2D eigenvalue weighted by atomic mass is 79.9. The molecule has 0 saturated carbocycles. The van der Waals surface area contributed by atoms with E-state index in [4.69, 9.17) is 17.3 Å². The standard InChI is InChI=1S/C13H10BrClFNS/c14-11-6-10(16)3-1-8(11)7-18-13-4-2-9(15)5-12(13)17/h1-6H,7,17H2. The van der Waals surface area contributed by atoms with Crippen LogP contribution in [0.1, 0.15) is 5.56 Å². The third-order valence-electron chi connectivity index (χ3n) is 2.37. The Bertz CT molecular complexity index is 525. The predicted molar refractivity (Wildman–Crippen MR) is 79.5 cm³/mol. The number of hydrogen-bond acceptors (Lipinski definition) is 2. The predicted octanol–water partition coefficient (Wildman–Crippen LogP) is 5.12. The topological polar surface area (TPSA) is 26.0 Å². The Kier molecular flexibility index (Phi) is 4.54. The first kappa shape index (κ1) is 13.7. The van der Waals surface area contributed by atoms with E-state index in [1.54, 1.807) is 30.0 Å². The number of hydrogen-bond donors (Lipinski definition) is 1. The molecular weight excluding hydrogens is 337 g/mol. The van der Waals surface area contributed by atoms with E-state index < -0.39 is 0 Å². The van der Waals surface area contributed by atoms with Crippen molar-refractivity contribution < 1.29 is 4.39 Å². The first-order valence-electron chi connectivity index (χ1n) is 5.18. The molecule has 0 heterocycles. The number of anilines is 1. The summed E-state index contributed by atoms with van der Waals surface area (Å²) in [5.41, 5.74) is 7.55. The van der Waals surface area contributed by atoms with Crippen molar-refractivity contribution in [2.75, 3.05) is 5.73 Å². The largest absolute Gasteiger partial charge is 0.398 e. The van der Waals surface area contributed by atoms with Gasteiger partial charge in [0.2, 0.25) is 0 Å². The highest BCUT2D eigenvalue weighted by molar-refractivity contribution is 9.10. The summed E-state index contributed by atoms with van der Waals surface area (Å²) in [6.07, 6.45) is 0. The van der Waals surface area contributed by atoms with E-state index in [0.29, 0.717) is 16.5 Å². The smallest absolute Gasteiger partial charge is 0.124 e. The van der Waals surface area contributed by atoms with Gasteiger partial charge in [-0.3, -0.25) is 0 Å². The van der Waals surface area contributed by atoms with Crippen molar-refractivity contribution in [3.63, 3.8) is 0 Å². The highest BCUT2D eigenvalue weighted by Gasteiger charge is 2.05. The molecule has 2 rings (SSSR count). The van der Waals surface area contributed by atoms with Gasteiger partial charge >= 0.3 is 0 Å². The zero-order valence-electron chi connectivity index (χ0n) is 9.29. The number of nitrogen functional groups attached to an aromatic ring is 1. The first-order valence-corrected chi connectivity index (χ1v) is 7.33. The van der Waals surface area contributed by atoms with Gasteiger partial charge in [-0.25, -0.2) is 4.39 Å². The quantitative estimate of drug-likeness (QED) is 0.617. The van der Waals surface area contributed by atoms with Crippen molar-refractivity contribution in [3.8, 4) is 0 Å². The average Bonchev–Trinajstić information content (AvgIpc) is 2.30. The molecule has 0 unspecified atom stereocenters. The molecule has 0 aliphatic carbocycles. The summed E-state index contributed by atoms with van der Waals surface area (Å²) in [6, 6.07) is 10.1. The normalized spacial score (nSPS) is 10.6. The van der Waals surface area contributed by atoms with Gasteiger partial charge < -0.3 is 5.73 Å². The van der Waals surface area contributed by atoms with Gasteiger partial charge in [-0.1, -0.05) is 33.6 Å². The van der Waals surface area contributed by atoms with E-state index in [9.17, 15) is 4.39 Å². The molecule has 0 aromatic heterocycles. The molecule has 0 fully saturated rings. The van der Waals surface area contributed by atoms with Gasteiger partial charge in [0.15, 0.2) is 0 Å². The fourth-order valence-corrected chi connectivity index (χ4v) is 3.25. The maximum atomic E-state index is 12.9. The second-order valence-electron chi connectivity index (χ2n) is 3.71. The van der Waals surface area contributed by atoms with Crippen LogP contribution in [0.2, 0.25) is 5.02 Å². The van der Waals surface area contributed by atoms with Crippen molar-refractivity contribution >= 4 is 45.0 Å². The Hall–Kier alpha value is -0.710. The van der Waals surface area contributed by atoms with E-state index in [-0.39, 0.29) is 5.82 Å². The summed E-state index contributed by atoms with van der Waals surface area (Å²) in [7, 11) is 0. The van der Waals surface area contributed by atoms with Gasteiger partial charge in [-0.15, -0.1) is 11.8 Å². The third-order valence-corrected chi connectivity index (χ3v) is 4.48. The van der Waals surface area contributed by atoms with Gasteiger partial charge in [-0.05, 0) is 35.9 Å². The third kappa shape index (κ3) is 3.40. The van der Waals surface area contributed by atoms with Gasteiger partial charge in [0.25, 0.3) is 0 Å². The van der Waals surface area contributed by atoms with Crippen molar-refractivity contribution in [1.82, 2.24) is 0 Å². The molecule has 2 aromatic carbocycles. The minimum atomic E-state index is -0.248. The van der Waals surface area contributed by atoms with Crippen LogP contribution >= 0.6 is 39.3 Å². The summed E-state index contributed by atoms with van der Waals surface area (Å²) in [5.74, 6) is 0.466. The van der Waals surface area contributed by atoms with Gasteiger partial charge in [0.1, 0.15) is 5.82 Å². The van der Waals surface area contributed by atoms with Crippen LogP contribution in [-0.4, -0.2) is 0 Å². The van der Waals surface area contributed by atoms with Crippen LogP contribution in [0.25, 0.3) is 0 Å². The average molecular weight is 347 g/mol. The lowest BCUT2D eigenvalue weighted by Crippen LogP contribution is -1.90. The minimum absolute atomic E-state index is 0.248. The maximum Gasteiger partial charge on any atom is 0.124 e. The molecule has 2 N–H and O–H groups in total. The zero-order chi connectivity index (χ0) is 13.1. The summed E-state index contributed by atoms with van der Waals surface area (Å²) < 4.78 is 13.7. The molecule has 0 bridgehead atoms. The molecule has 0 spiro atoms. The second kappa shape index (κ2) is 5.95. The molecule has 18 heavy (non-hydrogen) atoms. The summed E-state index contributed by atoms with van der Waals surface area (Å²) in [6.45, 7) is 0. The van der Waals surface area contributed by atoms with E-state index in [1.807, 2.05) is 6.07 Å². The summed E-state index contributed by atoms with van der Waals surface area (Å²) >= 11 is 10.8. The molecule has 0 aliphatic heterocycles. The van der Waals surface area contributed by atoms with E-state index in [1.165, 1.54) is 12.1 Å². The van der Waals surface area contributed by atoms with E-state index in [0.717, 1.165) is 14.9 Å². The van der Waals surface area contributed by atoms with Gasteiger partial charge in [-0.2, -0.15) is 0 Å². The van der Waals surface area contributed by atoms with Crippen LogP contribution in [0.4, 0.5) is 10.1 Å². The van der Waals surface area contributed by atoms with E-state index in [2.05, 4.69) is 15.9 Å². The molecule has 0 saturated heterocycles. The van der Waals surface area contributed by atoms with Crippen molar-refractivity contribution in [1.29, 1.82) is 0 Å². The number of benzene rings is 2. The molecule has 0 aliphatic rings. The Morgan fingerprint density at radius 3 is 2.67 bits per heavy atom. The van der Waals surface area contributed by atoms with Crippen LogP contribution in [0.5, 0.6) is 0 Å². The molecule has 0 radical (unpaired) electrons. The molecule has 0 atom stereocenters. The number of rotatable bonds is 3. The Morgan fingerprint density at radius 1 is 1.22 bits per heavy atom. The van der Waals surface area contributed by atoms with Gasteiger partial charge in [0, 0.05) is 25.8 Å². The van der Waals surface area contributed by atoms with Crippen molar-refractivity contribution in [2.45, 2.75) is 10.6 Å². The van der Waals surface area contributed by atoms with Crippen LogP contribution < -0.4 is 5.73 Å². The first-order chi connectivity index (χ1) is 8.56. The maximum absolute atomic E-state index is 12.9. The Balaban J connectivity index is 2.11. The SMILES string of the molecule is Nc1cc(Cl)ccc1SCc1ccc(F)cc1Br. The molecule has 1 nitrogen and oxygen atoms in total. The van der Waals surface area contributed by atoms with Crippen LogP contribution in [0.3, 0.4) is 0 Å². The second-order valence-corrected chi connectivity index (χ2v) is 6.01. The lowest BCUT2D eigenvalue weighted by molar-refractivity contribution is 0.626. The number of halogens is 3. The van der Waals surface area contributed by atoms with E-state index >= 15 is 0 Å². The van der Waals surface area contributed by atoms with Gasteiger partial charge in [0.05, 0.1) is 0 Å². The van der Waals surface area contributed by atoms with Crippen molar-refractivity contribution in [3.05, 3.63) is 57.3 Å². The number of nitrogens with two attached hydrogens (primary N) is 1. The monoisotopic (exact) mass is 345 g/mol. The highest BCUT2D eigenvalue weighted by Crippen LogP contribution is 2.32. The molecule has 5 heteroatoms. The Labute approximate surface area is 123 Å². The lowest BCUT2D eigenvalue weighted by atomic mass is 10.2. The van der Waals surface area contributed by atoms with Crippen LogP contribution in [0.15, 0.2) is 45.8 Å². The Morgan fingerprint density at radius 2 is 2.00 bits per heavy atom. The van der Waals surface area contributed by atoms with Crippen LogP contribution in [0, 0.1) is 5.82 Å². The lowest BCUT2D eigenvalue weighted by Gasteiger charge is -2.07. The molecule has 2 aromatic rings. The fourth-order valence-electron chi connectivity index (χ4n) is 1.45. The van der Waals surface area contributed by atoms with Crippen LogP contribution in [-0.2, 0) is 5.75 Å². The fraction of sp³-hybridized carbons (Fsp3) is 0.0769. The summed E-state index contributed by atoms with van der Waals surface area (Å²) in [5, 5.41) is 0.625. The molecular formula is C13H10BrClFNS. The molecule has 94 valence electrons. The minimum Gasteiger partial charge on any atom is -0.398 e. The zero-order valence-corrected chi connectivity index (χ0v) is 12.4. The van der Waals surface area contributed by atoms with Crippen molar-refractivity contribution in [2.24, 2.45) is 0 Å². The number of thioether (sulfide) groups is 1. The summed E-state index contributed by atoms with van der Waals surface area (Å²) in [4.78, 5) is 0.968.